The molecule has 0 spiro atoms. The number of amides is 1. The molecule has 5 heteroatoms. The third kappa shape index (κ3) is 2.94. The first-order chi connectivity index (χ1) is 11.6. The molecule has 0 aromatic heterocycles. The summed E-state index contributed by atoms with van der Waals surface area (Å²) < 4.78 is 5.00. The second-order valence-electron chi connectivity index (χ2n) is 6.02. The van der Waals surface area contributed by atoms with Crippen LogP contribution in [0.3, 0.4) is 0 Å². The van der Waals surface area contributed by atoms with E-state index in [0.717, 1.165) is 42.9 Å². The summed E-state index contributed by atoms with van der Waals surface area (Å²) in [5.74, 6) is -0.477. The van der Waals surface area contributed by atoms with Gasteiger partial charge in [0.2, 0.25) is 5.91 Å². The van der Waals surface area contributed by atoms with Crippen LogP contribution in [0, 0.1) is 0 Å². The summed E-state index contributed by atoms with van der Waals surface area (Å²) in [4.78, 5) is 28.3. The number of para-hydroxylation sites is 1. The monoisotopic (exact) mass is 326 g/mol. The Morgan fingerprint density at radius 3 is 2.46 bits per heavy atom. The van der Waals surface area contributed by atoms with Gasteiger partial charge in [-0.1, -0.05) is 18.2 Å². The molecule has 1 saturated heterocycles. The molecule has 0 radical (unpaired) electrons. The fourth-order valence-electron chi connectivity index (χ4n) is 3.34. The minimum atomic E-state index is -0.382. The van der Waals surface area contributed by atoms with Gasteiger partial charge in [-0.2, -0.15) is 0 Å². The lowest BCUT2D eigenvalue weighted by molar-refractivity contribution is -0.135. The van der Waals surface area contributed by atoms with Crippen molar-refractivity contribution >= 4 is 23.3 Å². The zero-order valence-corrected chi connectivity index (χ0v) is 14.1. The maximum Gasteiger partial charge on any atom is 0.340 e. The van der Waals surface area contributed by atoms with E-state index >= 15 is 0 Å². The molecule has 126 valence electrons. The Kier molecular flexibility index (Phi) is 4.69. The second-order valence-corrected chi connectivity index (χ2v) is 6.02. The van der Waals surface area contributed by atoms with Crippen molar-refractivity contribution in [1.29, 1.82) is 0 Å². The van der Waals surface area contributed by atoms with Crippen LogP contribution in [-0.2, 0) is 14.3 Å². The van der Waals surface area contributed by atoms with Gasteiger partial charge >= 0.3 is 5.97 Å². The number of methoxy groups -OCH3 is 1. The fourth-order valence-corrected chi connectivity index (χ4v) is 3.34. The number of piperidine rings is 1. The Balaban J connectivity index is 2.21. The summed E-state index contributed by atoms with van der Waals surface area (Å²) in [6.07, 6.45) is 6.75. The molecule has 1 amide bonds. The van der Waals surface area contributed by atoms with Crippen LogP contribution in [0.25, 0.3) is 5.70 Å². The van der Waals surface area contributed by atoms with Crippen LogP contribution in [0.2, 0.25) is 0 Å². The van der Waals surface area contributed by atoms with Crippen molar-refractivity contribution in [3.8, 4) is 0 Å². The number of carbonyl (C=O) groups excluding carboxylic acids is 2. The standard InChI is InChI=1S/C19H22N2O3/c1-14(22)21-13-10-16(19(23)24-2)18(20-11-6-3-7-12-20)15-8-4-5-9-17(15)21/h4-5,8-10,13H,3,6-7,11-12H2,1-2H3. The Bertz CT molecular complexity index is 715. The first-order valence-electron chi connectivity index (χ1n) is 8.28. The second kappa shape index (κ2) is 6.91. The largest absolute Gasteiger partial charge is 0.465 e. The molecule has 0 unspecified atom stereocenters. The topological polar surface area (TPSA) is 49.9 Å². The highest BCUT2D eigenvalue weighted by Crippen LogP contribution is 2.36. The van der Waals surface area contributed by atoms with Gasteiger partial charge in [-0.3, -0.25) is 9.69 Å². The van der Waals surface area contributed by atoms with Crippen molar-refractivity contribution in [1.82, 2.24) is 4.90 Å². The minimum absolute atomic E-state index is 0.0946. The molecular formula is C19H22N2O3. The molecule has 0 N–H and O–H groups in total. The summed E-state index contributed by atoms with van der Waals surface area (Å²) in [6.45, 7) is 3.32. The van der Waals surface area contributed by atoms with Crippen molar-refractivity contribution in [3.05, 3.63) is 47.7 Å². The van der Waals surface area contributed by atoms with Gasteiger partial charge in [0.25, 0.3) is 0 Å². The lowest BCUT2D eigenvalue weighted by Gasteiger charge is -2.33. The zero-order chi connectivity index (χ0) is 17.1. The van der Waals surface area contributed by atoms with Crippen molar-refractivity contribution in [2.75, 3.05) is 25.1 Å². The van der Waals surface area contributed by atoms with Crippen LogP contribution in [0.5, 0.6) is 0 Å². The predicted octanol–water partition coefficient (Wildman–Crippen LogP) is 2.94. The summed E-state index contributed by atoms with van der Waals surface area (Å²) in [6, 6.07) is 7.71. The number of likely N-dealkylation sites (tertiary alicyclic amines) is 1. The van der Waals surface area contributed by atoms with E-state index in [4.69, 9.17) is 4.74 Å². The molecule has 1 fully saturated rings. The molecular weight excluding hydrogens is 304 g/mol. The summed E-state index contributed by atoms with van der Waals surface area (Å²) >= 11 is 0. The van der Waals surface area contributed by atoms with Crippen LogP contribution in [0.15, 0.2) is 42.1 Å². The molecule has 3 rings (SSSR count). The highest BCUT2D eigenvalue weighted by molar-refractivity contribution is 6.05. The van der Waals surface area contributed by atoms with E-state index in [1.54, 1.807) is 17.2 Å². The van der Waals surface area contributed by atoms with Gasteiger partial charge in [0, 0.05) is 31.8 Å². The highest BCUT2D eigenvalue weighted by atomic mass is 16.5. The number of carbonyl (C=O) groups is 2. The molecule has 24 heavy (non-hydrogen) atoms. The number of anilines is 1. The number of esters is 1. The maximum absolute atomic E-state index is 12.4. The minimum Gasteiger partial charge on any atom is -0.465 e. The van der Waals surface area contributed by atoms with E-state index in [9.17, 15) is 9.59 Å². The number of nitrogens with zero attached hydrogens (tertiary/aromatic N) is 2. The van der Waals surface area contributed by atoms with Crippen molar-refractivity contribution in [3.63, 3.8) is 0 Å². The number of hydrogen-bond acceptors (Lipinski definition) is 4. The van der Waals surface area contributed by atoms with Crippen LogP contribution >= 0.6 is 0 Å². The molecule has 2 heterocycles. The van der Waals surface area contributed by atoms with Crippen LogP contribution in [0.4, 0.5) is 5.69 Å². The smallest absolute Gasteiger partial charge is 0.340 e. The average molecular weight is 326 g/mol. The van der Waals surface area contributed by atoms with Crippen molar-refractivity contribution in [2.45, 2.75) is 26.2 Å². The van der Waals surface area contributed by atoms with E-state index in [-0.39, 0.29) is 11.9 Å². The molecule has 0 saturated carbocycles. The molecule has 1 aromatic carbocycles. The van der Waals surface area contributed by atoms with Crippen LogP contribution in [-0.4, -0.2) is 37.0 Å². The van der Waals surface area contributed by atoms with E-state index < -0.39 is 0 Å². The maximum atomic E-state index is 12.4. The summed E-state index contributed by atoms with van der Waals surface area (Å²) in [5, 5.41) is 0. The molecule has 1 aromatic rings. The third-order valence-corrected chi connectivity index (χ3v) is 4.48. The predicted molar refractivity (Wildman–Crippen MR) is 93.1 cm³/mol. The Morgan fingerprint density at radius 1 is 1.08 bits per heavy atom. The molecule has 2 aliphatic rings. The first kappa shape index (κ1) is 16.3. The van der Waals surface area contributed by atoms with Gasteiger partial charge < -0.3 is 9.64 Å². The number of ether oxygens (including phenoxy) is 1. The third-order valence-electron chi connectivity index (χ3n) is 4.48. The van der Waals surface area contributed by atoms with Crippen molar-refractivity contribution < 1.29 is 14.3 Å². The number of rotatable bonds is 2. The van der Waals surface area contributed by atoms with Gasteiger partial charge in [-0.05, 0) is 31.4 Å². The van der Waals surface area contributed by atoms with Crippen LogP contribution in [0.1, 0.15) is 31.7 Å². The normalized spacial score (nSPS) is 17.4. The van der Waals surface area contributed by atoms with Crippen LogP contribution < -0.4 is 4.90 Å². The number of hydrogen-bond donors (Lipinski definition) is 0. The number of fused-ring (bicyclic) bond motifs is 1. The lowest BCUT2D eigenvalue weighted by atomic mass is 10.0. The van der Waals surface area contributed by atoms with Crippen molar-refractivity contribution in [2.24, 2.45) is 0 Å². The SMILES string of the molecule is COC(=O)C1=C(N2CCCCC2)c2ccccc2N(C(C)=O)C=C1. The van der Waals surface area contributed by atoms with E-state index in [1.807, 2.05) is 24.3 Å². The quantitative estimate of drug-likeness (QED) is 0.784. The van der Waals surface area contributed by atoms with Gasteiger partial charge in [-0.25, -0.2) is 4.79 Å². The summed E-state index contributed by atoms with van der Waals surface area (Å²) in [5.41, 5.74) is 3.04. The fraction of sp³-hybridized carbons (Fsp3) is 0.368. The molecule has 2 aliphatic heterocycles. The van der Waals surface area contributed by atoms with E-state index in [1.165, 1.54) is 20.5 Å². The van der Waals surface area contributed by atoms with Gasteiger partial charge in [0.1, 0.15) is 0 Å². The summed E-state index contributed by atoms with van der Waals surface area (Å²) in [7, 11) is 1.39. The highest BCUT2D eigenvalue weighted by Gasteiger charge is 2.28. The van der Waals surface area contributed by atoms with E-state index in [2.05, 4.69) is 4.90 Å². The Labute approximate surface area is 142 Å². The first-order valence-corrected chi connectivity index (χ1v) is 8.28. The average Bonchev–Trinajstić information content (AvgIpc) is 2.78. The zero-order valence-electron chi connectivity index (χ0n) is 14.1. The molecule has 0 aliphatic carbocycles. The van der Waals surface area contributed by atoms with E-state index in [0.29, 0.717) is 5.57 Å². The Morgan fingerprint density at radius 2 is 1.79 bits per heavy atom. The van der Waals surface area contributed by atoms with Gasteiger partial charge in [0.15, 0.2) is 0 Å². The molecule has 5 nitrogen and oxygen atoms in total. The lowest BCUT2D eigenvalue weighted by Crippen LogP contribution is -2.30. The van der Waals surface area contributed by atoms with Gasteiger partial charge in [0.05, 0.1) is 24.1 Å². The number of benzene rings is 1. The Hall–Kier alpha value is -2.56. The molecule has 0 bridgehead atoms. The molecule has 0 atom stereocenters. The van der Waals surface area contributed by atoms with Gasteiger partial charge in [-0.15, -0.1) is 0 Å².